The van der Waals surface area contributed by atoms with E-state index in [1.807, 2.05) is 0 Å². The molecule has 1 heterocycles. The van der Waals surface area contributed by atoms with E-state index in [4.69, 9.17) is 10.2 Å². The highest BCUT2D eigenvalue weighted by Gasteiger charge is 2.20. The third-order valence-electron chi connectivity index (χ3n) is 2.15. The Bertz CT molecular complexity index is 568. The van der Waals surface area contributed by atoms with Crippen LogP contribution in [-0.2, 0) is 6.54 Å². The number of nitrogens with zero attached hydrogens (tertiary/aromatic N) is 2. The molecule has 0 amide bonds. The van der Waals surface area contributed by atoms with Crippen molar-refractivity contribution in [1.29, 1.82) is 0 Å². The lowest BCUT2D eigenvalue weighted by Gasteiger charge is -1.98. The van der Waals surface area contributed by atoms with Crippen LogP contribution in [0.2, 0.25) is 0 Å². The van der Waals surface area contributed by atoms with E-state index in [1.54, 1.807) is 0 Å². The topological polar surface area (TPSA) is 95.2 Å². The van der Waals surface area contributed by atoms with Gasteiger partial charge in [0.2, 0.25) is 5.89 Å². The maximum absolute atomic E-state index is 12.9. The molecule has 0 atom stereocenters. The summed E-state index contributed by atoms with van der Waals surface area (Å²) >= 11 is 0. The smallest absolute Gasteiger partial charge is 0.284 e. The van der Waals surface area contributed by atoms with Gasteiger partial charge in [0, 0.05) is 6.54 Å². The van der Waals surface area contributed by atoms with Crippen molar-refractivity contribution in [2.75, 3.05) is 0 Å². The van der Waals surface area contributed by atoms with Crippen molar-refractivity contribution in [3.63, 3.8) is 0 Å². The average Bonchev–Trinajstić information content (AvgIpc) is 2.77. The first-order valence-corrected chi connectivity index (χ1v) is 4.70. The number of rotatable bonds is 3. The lowest BCUT2D eigenvalue weighted by atomic mass is 10.2. The van der Waals surface area contributed by atoms with Gasteiger partial charge >= 0.3 is 0 Å². The first-order chi connectivity index (χ1) is 8.11. The van der Waals surface area contributed by atoms with Crippen LogP contribution in [0.3, 0.4) is 0 Å². The number of hydrogen-bond donors (Lipinski definition) is 1. The van der Waals surface area contributed by atoms with Crippen molar-refractivity contribution in [2.24, 2.45) is 5.73 Å². The van der Waals surface area contributed by atoms with Crippen LogP contribution in [0, 0.1) is 15.9 Å². The second-order valence-corrected chi connectivity index (χ2v) is 3.27. The summed E-state index contributed by atoms with van der Waals surface area (Å²) in [7, 11) is 0. The molecule has 2 N–H and O–H groups in total. The summed E-state index contributed by atoms with van der Waals surface area (Å²) in [6.07, 6.45) is 1.31. The molecule has 0 saturated heterocycles. The molecule has 0 bridgehead atoms. The average molecular weight is 237 g/mol. The molecule has 6 nitrogen and oxygen atoms in total. The van der Waals surface area contributed by atoms with Crippen molar-refractivity contribution in [3.05, 3.63) is 46.1 Å². The molecule has 0 aliphatic rings. The monoisotopic (exact) mass is 237 g/mol. The Morgan fingerprint density at radius 2 is 2.29 bits per heavy atom. The quantitative estimate of drug-likeness (QED) is 0.649. The summed E-state index contributed by atoms with van der Waals surface area (Å²) in [5.74, 6) is -0.636. The van der Waals surface area contributed by atoms with Gasteiger partial charge in [-0.15, -0.1) is 0 Å². The summed E-state index contributed by atoms with van der Waals surface area (Å²) in [6, 6.07) is 3.18. The fraction of sp³-hybridized carbons (Fsp3) is 0.100. The molecule has 7 heteroatoms. The predicted molar refractivity (Wildman–Crippen MR) is 56.4 cm³/mol. The van der Waals surface area contributed by atoms with E-state index in [9.17, 15) is 14.5 Å². The number of nitro groups is 1. The number of aromatic nitrogens is 1. The number of halogens is 1. The Labute approximate surface area is 95.0 Å². The van der Waals surface area contributed by atoms with Gasteiger partial charge in [0.1, 0.15) is 17.6 Å². The molecule has 1 aromatic carbocycles. The third kappa shape index (κ3) is 2.13. The number of nitrogens with two attached hydrogens (primary N) is 1. The highest BCUT2D eigenvalue weighted by atomic mass is 19.1. The van der Waals surface area contributed by atoms with E-state index < -0.39 is 16.4 Å². The molecular weight excluding hydrogens is 229 g/mol. The SMILES string of the molecule is NCc1coc(-c2ccc(F)cc2[N+](=O)[O-])n1. The Hall–Kier alpha value is -2.28. The van der Waals surface area contributed by atoms with Gasteiger partial charge in [-0.3, -0.25) is 10.1 Å². The highest BCUT2D eigenvalue weighted by Crippen LogP contribution is 2.29. The van der Waals surface area contributed by atoms with Crippen molar-refractivity contribution >= 4 is 5.69 Å². The molecule has 0 saturated carbocycles. The Morgan fingerprint density at radius 3 is 2.88 bits per heavy atom. The summed E-state index contributed by atoms with van der Waals surface area (Å²) in [5, 5.41) is 10.8. The van der Waals surface area contributed by atoms with E-state index in [1.165, 1.54) is 12.3 Å². The van der Waals surface area contributed by atoms with Gasteiger partial charge in [0.05, 0.1) is 16.7 Å². The van der Waals surface area contributed by atoms with E-state index >= 15 is 0 Å². The van der Waals surface area contributed by atoms with Crippen LogP contribution in [0.1, 0.15) is 5.69 Å². The molecule has 0 fully saturated rings. The van der Waals surface area contributed by atoms with Crippen molar-refractivity contribution in [1.82, 2.24) is 4.98 Å². The molecule has 0 aliphatic carbocycles. The van der Waals surface area contributed by atoms with Crippen molar-refractivity contribution in [3.8, 4) is 11.5 Å². The molecule has 0 spiro atoms. The minimum absolute atomic E-state index is 0.0529. The first kappa shape index (κ1) is 11.2. The number of oxazole rings is 1. The maximum Gasteiger partial charge on any atom is 0.284 e. The molecule has 0 unspecified atom stereocenters. The maximum atomic E-state index is 12.9. The van der Waals surface area contributed by atoms with Crippen LogP contribution in [-0.4, -0.2) is 9.91 Å². The van der Waals surface area contributed by atoms with Gasteiger partial charge in [0.25, 0.3) is 5.69 Å². The number of hydrogen-bond acceptors (Lipinski definition) is 5. The molecule has 0 aliphatic heterocycles. The summed E-state index contributed by atoms with van der Waals surface area (Å²) in [4.78, 5) is 14.0. The standard InChI is InChI=1S/C10H8FN3O3/c11-6-1-2-8(9(3-6)14(15)16)10-13-7(4-12)5-17-10/h1-3,5H,4,12H2. The van der Waals surface area contributed by atoms with Crippen molar-refractivity contribution < 1.29 is 13.7 Å². The van der Waals surface area contributed by atoms with Gasteiger partial charge < -0.3 is 10.2 Å². The molecule has 0 radical (unpaired) electrons. The van der Waals surface area contributed by atoms with E-state index in [0.29, 0.717) is 5.69 Å². The van der Waals surface area contributed by atoms with Gasteiger partial charge in [-0.25, -0.2) is 9.37 Å². The predicted octanol–water partition coefficient (Wildman–Crippen LogP) is 1.85. The van der Waals surface area contributed by atoms with Gasteiger partial charge in [-0.2, -0.15) is 0 Å². The first-order valence-electron chi connectivity index (χ1n) is 4.70. The largest absolute Gasteiger partial charge is 0.444 e. The Morgan fingerprint density at radius 1 is 1.53 bits per heavy atom. The zero-order valence-electron chi connectivity index (χ0n) is 8.59. The van der Waals surface area contributed by atoms with E-state index in [-0.39, 0.29) is 18.0 Å². The summed E-state index contributed by atoms with van der Waals surface area (Å²) < 4.78 is 18.0. The second-order valence-electron chi connectivity index (χ2n) is 3.27. The molecule has 88 valence electrons. The zero-order chi connectivity index (χ0) is 12.4. The van der Waals surface area contributed by atoms with Crippen LogP contribution < -0.4 is 5.73 Å². The molecular formula is C10H8FN3O3. The van der Waals surface area contributed by atoms with E-state index in [0.717, 1.165) is 12.1 Å². The van der Waals surface area contributed by atoms with E-state index in [2.05, 4.69) is 4.98 Å². The summed E-state index contributed by atoms with van der Waals surface area (Å²) in [5.41, 5.74) is 5.55. The Balaban J connectivity index is 2.54. The fourth-order valence-electron chi connectivity index (χ4n) is 1.36. The molecule has 2 aromatic rings. The number of nitro benzene ring substituents is 1. The molecule has 17 heavy (non-hydrogen) atoms. The van der Waals surface area contributed by atoms with Gasteiger partial charge in [-0.05, 0) is 12.1 Å². The molecule has 1 aromatic heterocycles. The van der Waals surface area contributed by atoms with Gasteiger partial charge in [-0.1, -0.05) is 0 Å². The zero-order valence-corrected chi connectivity index (χ0v) is 8.59. The summed E-state index contributed by atoms with van der Waals surface area (Å²) in [6.45, 7) is 0.165. The minimum Gasteiger partial charge on any atom is -0.444 e. The second kappa shape index (κ2) is 4.30. The number of benzene rings is 1. The van der Waals surface area contributed by atoms with Crippen LogP contribution in [0.15, 0.2) is 28.9 Å². The molecule has 2 rings (SSSR count). The third-order valence-corrected chi connectivity index (χ3v) is 2.15. The van der Waals surface area contributed by atoms with Crippen molar-refractivity contribution in [2.45, 2.75) is 6.54 Å². The lowest BCUT2D eigenvalue weighted by molar-refractivity contribution is -0.384. The normalized spacial score (nSPS) is 10.5. The minimum atomic E-state index is -0.690. The van der Waals surface area contributed by atoms with Gasteiger partial charge in [0.15, 0.2) is 0 Å². The Kier molecular flexibility index (Phi) is 2.84. The van der Waals surface area contributed by atoms with Crippen LogP contribution >= 0.6 is 0 Å². The highest BCUT2D eigenvalue weighted by molar-refractivity contribution is 5.66. The fourth-order valence-corrected chi connectivity index (χ4v) is 1.36. The van der Waals surface area contributed by atoms with Crippen LogP contribution in [0.5, 0.6) is 0 Å². The lowest BCUT2D eigenvalue weighted by Crippen LogP contribution is -1.96. The van der Waals surface area contributed by atoms with Crippen LogP contribution in [0.4, 0.5) is 10.1 Å². The van der Waals surface area contributed by atoms with Crippen LogP contribution in [0.25, 0.3) is 11.5 Å².